The van der Waals surface area contributed by atoms with Gasteiger partial charge < -0.3 is 9.64 Å². The Labute approximate surface area is 175 Å². The van der Waals surface area contributed by atoms with Crippen LogP contribution in [0.4, 0.5) is 5.13 Å². The highest BCUT2D eigenvalue weighted by atomic mass is 32.2. The van der Waals surface area contributed by atoms with E-state index in [0.29, 0.717) is 5.78 Å². The van der Waals surface area contributed by atoms with Crippen LogP contribution >= 0.6 is 23.1 Å². The first-order valence-electron chi connectivity index (χ1n) is 9.91. The fraction of sp³-hybridized carbons (Fsp3) is 0.524. The monoisotopic (exact) mass is 417 g/mol. The summed E-state index contributed by atoms with van der Waals surface area (Å²) in [5.41, 5.74) is 0.884. The first-order chi connectivity index (χ1) is 13.7. The first-order valence-corrected chi connectivity index (χ1v) is 12.0. The van der Waals surface area contributed by atoms with Crippen molar-refractivity contribution in [2.45, 2.75) is 24.3 Å². The zero-order valence-corrected chi connectivity index (χ0v) is 17.9. The largest absolute Gasteiger partial charge is 0.378 e. The number of aromatic nitrogens is 1. The van der Waals surface area contributed by atoms with Gasteiger partial charge in [0.25, 0.3) is 0 Å². The molecule has 0 unspecified atom stereocenters. The average Bonchev–Trinajstić information content (AvgIpc) is 3.22. The van der Waals surface area contributed by atoms with E-state index in [0.717, 1.165) is 74.4 Å². The molecule has 5 nitrogen and oxygen atoms in total. The molecule has 7 heteroatoms. The zero-order chi connectivity index (χ0) is 19.3. The van der Waals surface area contributed by atoms with Crippen LogP contribution in [-0.2, 0) is 11.3 Å². The average molecular weight is 418 g/mol. The summed E-state index contributed by atoms with van der Waals surface area (Å²) >= 11 is 3.43. The number of thiazole rings is 1. The molecular formula is C21H27N3O2S2. The van der Waals surface area contributed by atoms with Crippen molar-refractivity contribution in [3.05, 3.63) is 40.9 Å². The summed E-state index contributed by atoms with van der Waals surface area (Å²) in [5.74, 6) is 0.390. The third kappa shape index (κ3) is 4.59. The summed E-state index contributed by atoms with van der Waals surface area (Å²) in [7, 11) is 0. The molecule has 0 radical (unpaired) electrons. The van der Waals surface area contributed by atoms with Crippen molar-refractivity contribution in [3.63, 3.8) is 0 Å². The lowest BCUT2D eigenvalue weighted by atomic mass is 9.90. The molecule has 0 aliphatic carbocycles. The molecule has 2 aliphatic heterocycles. The fourth-order valence-electron chi connectivity index (χ4n) is 3.97. The predicted molar refractivity (Wildman–Crippen MR) is 116 cm³/mol. The molecule has 0 saturated carbocycles. The van der Waals surface area contributed by atoms with Gasteiger partial charge in [-0.1, -0.05) is 18.2 Å². The van der Waals surface area contributed by atoms with Gasteiger partial charge in [0.1, 0.15) is 0 Å². The normalized spacial score (nSPS) is 21.0. The number of anilines is 1. The van der Waals surface area contributed by atoms with Crippen LogP contribution in [0.5, 0.6) is 0 Å². The van der Waals surface area contributed by atoms with E-state index < -0.39 is 0 Å². The number of thioether (sulfide) groups is 1. The number of hydrogen-bond acceptors (Lipinski definition) is 7. The highest BCUT2D eigenvalue weighted by Crippen LogP contribution is 2.29. The Morgan fingerprint density at radius 1 is 1.29 bits per heavy atom. The van der Waals surface area contributed by atoms with Crippen LogP contribution in [0.25, 0.3) is 0 Å². The van der Waals surface area contributed by atoms with Crippen molar-refractivity contribution in [2.75, 3.05) is 50.5 Å². The van der Waals surface area contributed by atoms with Crippen molar-refractivity contribution in [2.24, 2.45) is 5.92 Å². The van der Waals surface area contributed by atoms with E-state index in [2.05, 4.69) is 14.8 Å². The van der Waals surface area contributed by atoms with E-state index in [-0.39, 0.29) is 5.92 Å². The number of rotatable bonds is 6. The Morgan fingerprint density at radius 3 is 2.93 bits per heavy atom. The van der Waals surface area contributed by atoms with E-state index in [4.69, 9.17) is 4.74 Å². The number of carbonyl (C=O) groups is 1. The van der Waals surface area contributed by atoms with E-state index in [1.807, 2.05) is 36.7 Å². The molecule has 3 heterocycles. The van der Waals surface area contributed by atoms with Gasteiger partial charge in [0, 0.05) is 53.6 Å². The number of ether oxygens (including phenoxy) is 1. The second kappa shape index (κ2) is 9.39. The smallest absolute Gasteiger partial charge is 0.185 e. The van der Waals surface area contributed by atoms with Gasteiger partial charge in [0.05, 0.1) is 13.2 Å². The minimum absolute atomic E-state index is 0.0914. The SMILES string of the molecule is CSc1ccccc1C(=O)[C@H]1CCCN(Cc2cnc(N3CCOCC3)s2)C1. The number of benzene rings is 1. The number of likely N-dealkylation sites (tertiary alicyclic amines) is 1. The zero-order valence-electron chi connectivity index (χ0n) is 16.3. The lowest BCUT2D eigenvalue weighted by molar-refractivity contribution is 0.0809. The van der Waals surface area contributed by atoms with Crippen LogP contribution in [0.3, 0.4) is 0 Å². The maximum absolute atomic E-state index is 13.1. The van der Waals surface area contributed by atoms with Crippen LogP contribution in [0, 0.1) is 5.92 Å². The van der Waals surface area contributed by atoms with Crippen molar-refractivity contribution < 1.29 is 9.53 Å². The molecule has 2 saturated heterocycles. The molecular weight excluding hydrogens is 390 g/mol. The van der Waals surface area contributed by atoms with Crippen LogP contribution < -0.4 is 4.90 Å². The van der Waals surface area contributed by atoms with Gasteiger partial charge in [-0.15, -0.1) is 23.1 Å². The Balaban J connectivity index is 1.39. The van der Waals surface area contributed by atoms with Gasteiger partial charge in [-0.2, -0.15) is 0 Å². The first kappa shape index (κ1) is 19.9. The lowest BCUT2D eigenvalue weighted by Gasteiger charge is -2.31. The quantitative estimate of drug-likeness (QED) is 0.526. The molecule has 28 heavy (non-hydrogen) atoms. The number of nitrogens with zero attached hydrogens (tertiary/aromatic N) is 3. The van der Waals surface area contributed by atoms with Crippen LogP contribution in [-0.4, -0.2) is 61.3 Å². The van der Waals surface area contributed by atoms with Crippen LogP contribution in [0.1, 0.15) is 28.1 Å². The maximum atomic E-state index is 13.1. The van der Waals surface area contributed by atoms with Gasteiger partial charge in [-0.25, -0.2) is 4.98 Å². The van der Waals surface area contributed by atoms with Crippen LogP contribution in [0.2, 0.25) is 0 Å². The predicted octanol–water partition coefficient (Wildman–Crippen LogP) is 3.80. The van der Waals surface area contributed by atoms with Crippen molar-refractivity contribution in [1.82, 2.24) is 9.88 Å². The molecule has 1 aromatic heterocycles. The molecule has 4 rings (SSSR count). The van der Waals surface area contributed by atoms with Gasteiger partial charge in [0.2, 0.25) is 0 Å². The molecule has 0 bridgehead atoms. The Hall–Kier alpha value is -1.41. The Morgan fingerprint density at radius 2 is 2.11 bits per heavy atom. The molecule has 0 amide bonds. The number of Topliss-reactive ketones (excluding diaryl/α,β-unsaturated/α-hetero) is 1. The van der Waals surface area contributed by atoms with E-state index >= 15 is 0 Å². The number of hydrogen-bond donors (Lipinski definition) is 0. The van der Waals surface area contributed by atoms with Gasteiger partial charge in [-0.05, 0) is 31.7 Å². The summed E-state index contributed by atoms with van der Waals surface area (Å²) in [6.45, 7) is 6.18. The van der Waals surface area contributed by atoms with Crippen molar-refractivity contribution in [3.8, 4) is 0 Å². The highest BCUT2D eigenvalue weighted by Gasteiger charge is 2.28. The molecule has 0 spiro atoms. The third-order valence-corrected chi connectivity index (χ3v) is 7.29. The van der Waals surface area contributed by atoms with Crippen molar-refractivity contribution >= 4 is 34.0 Å². The Bertz CT molecular complexity index is 804. The van der Waals surface area contributed by atoms with Gasteiger partial charge >= 0.3 is 0 Å². The maximum Gasteiger partial charge on any atom is 0.185 e. The second-order valence-electron chi connectivity index (χ2n) is 7.35. The summed E-state index contributed by atoms with van der Waals surface area (Å²) in [6.07, 6.45) is 6.10. The molecule has 2 fully saturated rings. The summed E-state index contributed by atoms with van der Waals surface area (Å²) in [5, 5.41) is 1.09. The third-order valence-electron chi connectivity index (χ3n) is 5.45. The number of ketones is 1. The van der Waals surface area contributed by atoms with Crippen molar-refractivity contribution in [1.29, 1.82) is 0 Å². The topological polar surface area (TPSA) is 45.7 Å². The lowest BCUT2D eigenvalue weighted by Crippen LogP contribution is -2.38. The molecule has 1 aromatic carbocycles. The molecule has 2 aliphatic rings. The molecule has 150 valence electrons. The summed E-state index contributed by atoms with van der Waals surface area (Å²) in [6, 6.07) is 8.00. The highest BCUT2D eigenvalue weighted by molar-refractivity contribution is 7.98. The summed E-state index contributed by atoms with van der Waals surface area (Å²) < 4.78 is 5.43. The second-order valence-corrected chi connectivity index (χ2v) is 9.29. The van der Waals surface area contributed by atoms with E-state index in [1.165, 1.54) is 4.88 Å². The fourth-order valence-corrected chi connectivity index (χ4v) is 5.58. The van der Waals surface area contributed by atoms with E-state index in [9.17, 15) is 4.79 Å². The van der Waals surface area contributed by atoms with Gasteiger partial charge in [-0.3, -0.25) is 9.69 Å². The number of morpholine rings is 1. The molecule has 2 aromatic rings. The summed E-state index contributed by atoms with van der Waals surface area (Å²) in [4.78, 5) is 24.8. The van der Waals surface area contributed by atoms with Gasteiger partial charge in [0.15, 0.2) is 10.9 Å². The number of carbonyl (C=O) groups excluding carboxylic acids is 1. The minimum Gasteiger partial charge on any atom is -0.378 e. The standard InChI is InChI=1S/C21H27N3O2S2/c1-27-19-7-3-2-6-18(19)20(25)16-5-4-8-23(14-16)15-17-13-22-21(28-17)24-9-11-26-12-10-24/h2-3,6-7,13,16H,4-5,8-12,14-15H2,1H3/t16-/m0/s1. The Kier molecular flexibility index (Phi) is 6.67. The molecule has 0 N–H and O–H groups in total. The minimum atomic E-state index is 0.0914. The van der Waals surface area contributed by atoms with E-state index in [1.54, 1.807) is 23.1 Å². The van der Waals surface area contributed by atoms with Crippen LogP contribution in [0.15, 0.2) is 35.4 Å². The molecule has 1 atom stereocenters. The number of piperidine rings is 1.